The summed E-state index contributed by atoms with van der Waals surface area (Å²) in [6.45, 7) is 0.444. The summed E-state index contributed by atoms with van der Waals surface area (Å²) >= 11 is 0. The number of rotatable bonds is 8. The lowest BCUT2D eigenvalue weighted by molar-refractivity contribution is 0.0948. The average Bonchev–Trinajstić information content (AvgIpc) is 3.20. The summed E-state index contributed by atoms with van der Waals surface area (Å²) in [6.07, 6.45) is 3.66. The van der Waals surface area contributed by atoms with Gasteiger partial charge in [0, 0.05) is 30.4 Å². The van der Waals surface area contributed by atoms with E-state index in [1.54, 1.807) is 30.5 Å². The van der Waals surface area contributed by atoms with Gasteiger partial charge in [0.1, 0.15) is 5.76 Å². The molecule has 0 bridgehead atoms. The van der Waals surface area contributed by atoms with Crippen LogP contribution in [-0.4, -0.2) is 25.9 Å². The second-order valence-electron chi connectivity index (χ2n) is 5.76. The molecule has 2 aromatic heterocycles. The van der Waals surface area contributed by atoms with E-state index in [-0.39, 0.29) is 29.5 Å². The largest absolute Gasteiger partial charge is 0.467 e. The predicted molar refractivity (Wildman–Crippen MR) is 99.4 cm³/mol. The maximum absolute atomic E-state index is 12.5. The molecule has 0 unspecified atom stereocenters. The second kappa shape index (κ2) is 8.61. The molecule has 2 N–H and O–H groups in total. The van der Waals surface area contributed by atoms with Crippen LogP contribution < -0.4 is 10.0 Å². The zero-order valence-electron chi connectivity index (χ0n) is 14.5. The van der Waals surface area contributed by atoms with E-state index in [1.807, 2.05) is 12.1 Å². The van der Waals surface area contributed by atoms with Gasteiger partial charge in [0.05, 0.1) is 17.7 Å². The molecule has 0 atom stereocenters. The minimum absolute atomic E-state index is 0.0363. The molecule has 3 aromatic rings. The fourth-order valence-electron chi connectivity index (χ4n) is 2.43. The van der Waals surface area contributed by atoms with Gasteiger partial charge in [-0.25, -0.2) is 13.1 Å². The van der Waals surface area contributed by atoms with E-state index in [4.69, 9.17) is 4.42 Å². The third-order valence-corrected chi connectivity index (χ3v) is 5.27. The number of aromatic nitrogens is 1. The lowest BCUT2D eigenvalue weighted by Crippen LogP contribution is -2.27. The van der Waals surface area contributed by atoms with E-state index in [1.165, 1.54) is 24.5 Å². The van der Waals surface area contributed by atoms with Gasteiger partial charge in [-0.1, -0.05) is 12.1 Å². The van der Waals surface area contributed by atoms with E-state index in [0.717, 1.165) is 5.69 Å². The normalized spacial score (nSPS) is 11.3. The number of nitrogens with zero attached hydrogens (tertiary/aromatic N) is 1. The van der Waals surface area contributed by atoms with E-state index < -0.39 is 10.0 Å². The molecule has 2 heterocycles. The Morgan fingerprint density at radius 3 is 2.70 bits per heavy atom. The average molecular weight is 385 g/mol. The minimum Gasteiger partial charge on any atom is -0.467 e. The molecule has 0 fully saturated rings. The minimum atomic E-state index is -3.72. The van der Waals surface area contributed by atoms with Crippen molar-refractivity contribution in [2.24, 2.45) is 0 Å². The first-order valence-electron chi connectivity index (χ1n) is 8.35. The third kappa shape index (κ3) is 5.25. The van der Waals surface area contributed by atoms with Crippen LogP contribution in [0.2, 0.25) is 0 Å². The molecule has 3 rings (SSSR count). The predicted octanol–water partition coefficient (Wildman–Crippen LogP) is 2.13. The maximum atomic E-state index is 12.5. The molecule has 0 aliphatic carbocycles. The molecule has 0 radical (unpaired) electrons. The van der Waals surface area contributed by atoms with Crippen molar-refractivity contribution in [3.8, 4) is 0 Å². The molecule has 0 aliphatic rings. The van der Waals surface area contributed by atoms with E-state index in [2.05, 4.69) is 15.0 Å². The van der Waals surface area contributed by atoms with Crippen molar-refractivity contribution in [2.75, 3.05) is 6.54 Å². The smallest absolute Gasteiger partial charge is 0.251 e. The Bertz CT molecular complexity index is 987. The van der Waals surface area contributed by atoms with Crippen LogP contribution in [0.15, 0.2) is 76.4 Å². The van der Waals surface area contributed by atoms with Gasteiger partial charge in [-0.15, -0.1) is 0 Å². The zero-order valence-corrected chi connectivity index (χ0v) is 15.3. The number of pyridine rings is 1. The van der Waals surface area contributed by atoms with Crippen molar-refractivity contribution in [1.29, 1.82) is 0 Å². The van der Waals surface area contributed by atoms with E-state index >= 15 is 0 Å². The van der Waals surface area contributed by atoms with Crippen molar-refractivity contribution in [3.63, 3.8) is 0 Å². The van der Waals surface area contributed by atoms with Crippen LogP contribution in [0.5, 0.6) is 0 Å². The number of sulfonamides is 1. The molecule has 7 nitrogen and oxygen atoms in total. The van der Waals surface area contributed by atoms with Crippen LogP contribution in [0, 0.1) is 0 Å². The van der Waals surface area contributed by atoms with Crippen molar-refractivity contribution in [3.05, 3.63) is 84.1 Å². The number of amides is 1. The first kappa shape index (κ1) is 18.8. The zero-order chi connectivity index (χ0) is 19.1. The van der Waals surface area contributed by atoms with Gasteiger partial charge in [-0.3, -0.25) is 9.78 Å². The fraction of sp³-hybridized carbons (Fsp3) is 0.158. The summed E-state index contributed by atoms with van der Waals surface area (Å²) in [7, 11) is -3.72. The van der Waals surface area contributed by atoms with E-state index in [9.17, 15) is 13.2 Å². The Hall–Kier alpha value is -2.97. The number of nitrogens with one attached hydrogen (secondary N) is 2. The number of hydrogen-bond donors (Lipinski definition) is 2. The molecule has 0 saturated carbocycles. The fourth-order valence-corrected chi connectivity index (χ4v) is 3.51. The van der Waals surface area contributed by atoms with Gasteiger partial charge in [-0.05, 0) is 42.5 Å². The van der Waals surface area contributed by atoms with Crippen molar-refractivity contribution >= 4 is 15.9 Å². The van der Waals surface area contributed by atoms with Crippen LogP contribution >= 0.6 is 0 Å². The van der Waals surface area contributed by atoms with Gasteiger partial charge in [-0.2, -0.15) is 0 Å². The molecule has 27 heavy (non-hydrogen) atoms. The van der Waals surface area contributed by atoms with E-state index in [0.29, 0.717) is 12.2 Å². The van der Waals surface area contributed by atoms with Crippen LogP contribution in [0.4, 0.5) is 0 Å². The number of hydrogen-bond acceptors (Lipinski definition) is 5. The Balaban J connectivity index is 1.61. The van der Waals surface area contributed by atoms with Gasteiger partial charge >= 0.3 is 0 Å². The van der Waals surface area contributed by atoms with Crippen LogP contribution in [-0.2, 0) is 23.0 Å². The van der Waals surface area contributed by atoms with Gasteiger partial charge in [0.15, 0.2) is 0 Å². The first-order chi connectivity index (χ1) is 13.0. The summed E-state index contributed by atoms with van der Waals surface area (Å²) < 4.78 is 32.6. The Morgan fingerprint density at radius 2 is 1.96 bits per heavy atom. The molecule has 1 aromatic carbocycles. The lowest BCUT2D eigenvalue weighted by atomic mass is 10.2. The lowest BCUT2D eigenvalue weighted by Gasteiger charge is -2.09. The van der Waals surface area contributed by atoms with Crippen molar-refractivity contribution in [1.82, 2.24) is 15.0 Å². The monoisotopic (exact) mass is 385 g/mol. The molecule has 0 aliphatic heterocycles. The maximum Gasteiger partial charge on any atom is 0.251 e. The summed E-state index contributed by atoms with van der Waals surface area (Å²) in [5, 5.41) is 2.69. The number of carbonyl (C=O) groups is 1. The third-order valence-electron chi connectivity index (χ3n) is 3.81. The van der Waals surface area contributed by atoms with Gasteiger partial charge in [0.2, 0.25) is 10.0 Å². The quantitative estimate of drug-likeness (QED) is 0.619. The summed E-state index contributed by atoms with van der Waals surface area (Å²) in [5.41, 5.74) is 1.06. The highest BCUT2D eigenvalue weighted by atomic mass is 32.2. The van der Waals surface area contributed by atoms with Crippen LogP contribution in [0.3, 0.4) is 0 Å². The standard InChI is InChI=1S/C19H19N3O4S/c23-19(21-14-17-7-4-12-26-17)15-5-3-8-18(13-15)27(24,25)22-11-9-16-6-1-2-10-20-16/h1-8,10,12-13,22H,9,11,14H2,(H,21,23). The topological polar surface area (TPSA) is 101 Å². The molecule has 1 amide bonds. The second-order valence-corrected chi connectivity index (χ2v) is 7.53. The van der Waals surface area contributed by atoms with Crippen molar-refractivity contribution in [2.45, 2.75) is 17.9 Å². The molecule has 0 saturated heterocycles. The van der Waals surface area contributed by atoms with Crippen LogP contribution in [0.25, 0.3) is 0 Å². The number of furan rings is 1. The molecular weight excluding hydrogens is 366 g/mol. The van der Waals surface area contributed by atoms with Crippen LogP contribution in [0.1, 0.15) is 21.8 Å². The first-order valence-corrected chi connectivity index (χ1v) is 9.83. The summed E-state index contributed by atoms with van der Waals surface area (Å²) in [5.74, 6) is 0.236. The Kier molecular flexibility index (Phi) is 6.00. The highest BCUT2D eigenvalue weighted by molar-refractivity contribution is 7.89. The van der Waals surface area contributed by atoms with Crippen molar-refractivity contribution < 1.29 is 17.6 Å². The molecule has 8 heteroatoms. The summed E-state index contributed by atoms with van der Waals surface area (Å²) in [4.78, 5) is 16.4. The number of carbonyl (C=O) groups excluding carboxylic acids is 1. The molecule has 0 spiro atoms. The Morgan fingerprint density at radius 1 is 1.07 bits per heavy atom. The number of benzene rings is 1. The van der Waals surface area contributed by atoms with Gasteiger partial charge in [0.25, 0.3) is 5.91 Å². The molecule has 140 valence electrons. The SMILES string of the molecule is O=C(NCc1ccco1)c1cccc(S(=O)(=O)NCCc2ccccn2)c1. The van der Waals surface area contributed by atoms with Gasteiger partial charge < -0.3 is 9.73 Å². The summed E-state index contributed by atoms with van der Waals surface area (Å²) in [6, 6.07) is 14.8. The highest BCUT2D eigenvalue weighted by Crippen LogP contribution is 2.12. The molecular formula is C19H19N3O4S. The Labute approximate surface area is 157 Å². The highest BCUT2D eigenvalue weighted by Gasteiger charge is 2.16.